The van der Waals surface area contributed by atoms with E-state index in [0.29, 0.717) is 30.4 Å². The van der Waals surface area contributed by atoms with E-state index in [0.717, 1.165) is 5.56 Å². The summed E-state index contributed by atoms with van der Waals surface area (Å²) < 4.78 is 26.4. The van der Waals surface area contributed by atoms with Gasteiger partial charge in [0, 0.05) is 18.7 Å². The highest BCUT2D eigenvalue weighted by atomic mass is 19.1. The molecule has 0 amide bonds. The van der Waals surface area contributed by atoms with Crippen molar-refractivity contribution in [3.63, 3.8) is 0 Å². The zero-order chi connectivity index (χ0) is 16.8. The molecule has 0 radical (unpaired) electrons. The predicted octanol–water partition coefficient (Wildman–Crippen LogP) is 3.37. The molecule has 3 aromatic rings. The molecule has 1 aromatic heterocycles. The van der Waals surface area contributed by atoms with Gasteiger partial charge in [-0.1, -0.05) is 30.3 Å². The van der Waals surface area contributed by atoms with E-state index in [1.165, 1.54) is 24.4 Å². The number of benzene rings is 2. The molecule has 0 saturated carbocycles. The van der Waals surface area contributed by atoms with Crippen molar-refractivity contribution in [2.75, 3.05) is 10.6 Å². The molecule has 0 aliphatic carbocycles. The van der Waals surface area contributed by atoms with E-state index in [9.17, 15) is 8.78 Å². The quantitative estimate of drug-likeness (QED) is 0.727. The van der Waals surface area contributed by atoms with Gasteiger partial charge in [0.1, 0.15) is 11.6 Å². The van der Waals surface area contributed by atoms with Gasteiger partial charge in [-0.25, -0.2) is 8.78 Å². The van der Waals surface area contributed by atoms with Crippen LogP contribution in [0.1, 0.15) is 11.1 Å². The third-order valence-electron chi connectivity index (χ3n) is 3.34. The molecule has 0 spiro atoms. The molecule has 2 N–H and O–H groups in total. The van der Waals surface area contributed by atoms with Crippen LogP contribution < -0.4 is 10.6 Å². The minimum absolute atomic E-state index is 0.276. The molecule has 5 nitrogen and oxygen atoms in total. The first-order chi connectivity index (χ1) is 11.7. The monoisotopic (exact) mass is 327 g/mol. The summed E-state index contributed by atoms with van der Waals surface area (Å²) >= 11 is 0. The van der Waals surface area contributed by atoms with Crippen LogP contribution in [-0.4, -0.2) is 15.2 Å². The number of nitrogens with one attached hydrogen (secondary N) is 2. The highest BCUT2D eigenvalue weighted by Crippen LogP contribution is 2.11. The van der Waals surface area contributed by atoms with Gasteiger partial charge in [0.05, 0.1) is 6.20 Å². The smallest absolute Gasteiger partial charge is 0.244 e. The zero-order valence-corrected chi connectivity index (χ0v) is 12.7. The second kappa shape index (κ2) is 7.45. The molecule has 3 rings (SSSR count). The lowest BCUT2D eigenvalue weighted by atomic mass is 10.2. The molecule has 0 saturated heterocycles. The Morgan fingerprint density at radius 3 is 2.46 bits per heavy atom. The first kappa shape index (κ1) is 15.8. The molecule has 7 heteroatoms. The van der Waals surface area contributed by atoms with Crippen LogP contribution in [0.2, 0.25) is 0 Å². The Balaban J connectivity index is 1.59. The summed E-state index contributed by atoms with van der Waals surface area (Å²) in [6, 6.07) is 12.7. The van der Waals surface area contributed by atoms with Crippen LogP contribution in [0.3, 0.4) is 0 Å². The molecule has 0 atom stereocenters. The third kappa shape index (κ3) is 4.22. The molecule has 0 bridgehead atoms. The predicted molar refractivity (Wildman–Crippen MR) is 87.3 cm³/mol. The number of anilines is 2. The van der Waals surface area contributed by atoms with Gasteiger partial charge in [0.2, 0.25) is 5.95 Å². The van der Waals surface area contributed by atoms with Gasteiger partial charge in [0.15, 0.2) is 5.82 Å². The van der Waals surface area contributed by atoms with Crippen molar-refractivity contribution in [1.82, 2.24) is 15.2 Å². The Bertz CT molecular complexity index is 808. The SMILES string of the molecule is Fc1ccc(CNc2nncc(NCc3ccccc3F)n2)cc1. The normalized spacial score (nSPS) is 10.4. The van der Waals surface area contributed by atoms with Crippen molar-refractivity contribution < 1.29 is 8.78 Å². The lowest BCUT2D eigenvalue weighted by molar-refractivity contribution is 0.613. The largest absolute Gasteiger partial charge is 0.364 e. The van der Waals surface area contributed by atoms with Crippen LogP contribution in [0.5, 0.6) is 0 Å². The Kier molecular flexibility index (Phi) is 4.90. The molecule has 2 aromatic carbocycles. The molecule has 1 heterocycles. The van der Waals surface area contributed by atoms with Gasteiger partial charge in [-0.15, -0.1) is 5.10 Å². The van der Waals surface area contributed by atoms with Gasteiger partial charge >= 0.3 is 0 Å². The van der Waals surface area contributed by atoms with Crippen molar-refractivity contribution in [1.29, 1.82) is 0 Å². The summed E-state index contributed by atoms with van der Waals surface area (Å²) in [4.78, 5) is 4.26. The molecular weight excluding hydrogens is 312 g/mol. The van der Waals surface area contributed by atoms with Crippen molar-refractivity contribution in [3.8, 4) is 0 Å². The van der Waals surface area contributed by atoms with E-state index < -0.39 is 0 Å². The van der Waals surface area contributed by atoms with Crippen molar-refractivity contribution in [2.24, 2.45) is 0 Å². The first-order valence-corrected chi connectivity index (χ1v) is 7.36. The second-order valence-corrected chi connectivity index (χ2v) is 5.09. The fourth-order valence-corrected chi connectivity index (χ4v) is 2.07. The Hall–Kier alpha value is -3.09. The van der Waals surface area contributed by atoms with E-state index in [2.05, 4.69) is 25.8 Å². The molecule has 0 unspecified atom stereocenters. The Morgan fingerprint density at radius 1 is 0.875 bits per heavy atom. The summed E-state index contributed by atoms with van der Waals surface area (Å²) in [5, 5.41) is 13.8. The number of rotatable bonds is 6. The summed E-state index contributed by atoms with van der Waals surface area (Å²) in [6.45, 7) is 0.738. The maximum Gasteiger partial charge on any atom is 0.244 e. The van der Waals surface area contributed by atoms with E-state index >= 15 is 0 Å². The van der Waals surface area contributed by atoms with Gasteiger partial charge in [-0.3, -0.25) is 0 Å². The molecule has 0 fully saturated rings. The average Bonchev–Trinajstić information content (AvgIpc) is 2.61. The van der Waals surface area contributed by atoms with Gasteiger partial charge in [-0.05, 0) is 23.8 Å². The summed E-state index contributed by atoms with van der Waals surface area (Å²) in [5.74, 6) is 0.255. The fraction of sp³-hybridized carbons (Fsp3) is 0.118. The van der Waals surface area contributed by atoms with E-state index in [1.807, 2.05) is 0 Å². The van der Waals surface area contributed by atoms with Crippen LogP contribution in [0.25, 0.3) is 0 Å². The maximum absolute atomic E-state index is 13.6. The average molecular weight is 327 g/mol. The van der Waals surface area contributed by atoms with E-state index in [4.69, 9.17) is 0 Å². The highest BCUT2D eigenvalue weighted by Gasteiger charge is 2.03. The number of nitrogens with zero attached hydrogens (tertiary/aromatic N) is 3. The molecule has 0 aliphatic heterocycles. The minimum Gasteiger partial charge on any atom is -0.364 e. The number of halogens is 2. The summed E-state index contributed by atoms with van der Waals surface area (Å²) in [6.07, 6.45) is 1.46. The third-order valence-corrected chi connectivity index (χ3v) is 3.34. The van der Waals surface area contributed by atoms with Crippen LogP contribution in [-0.2, 0) is 13.1 Å². The number of aromatic nitrogens is 3. The van der Waals surface area contributed by atoms with Crippen molar-refractivity contribution in [3.05, 3.63) is 77.5 Å². The molecule has 122 valence electrons. The number of hydrogen-bond donors (Lipinski definition) is 2. The van der Waals surface area contributed by atoms with Crippen molar-refractivity contribution in [2.45, 2.75) is 13.1 Å². The van der Waals surface area contributed by atoms with Crippen LogP contribution in [0.15, 0.2) is 54.7 Å². The van der Waals surface area contributed by atoms with Gasteiger partial charge < -0.3 is 10.6 Å². The standard InChI is InChI=1S/C17H15F2N5/c18-14-7-5-12(6-8-14)9-21-17-23-16(11-22-24-17)20-10-13-3-1-2-4-15(13)19/h1-8,11H,9-10H2,(H2,20,21,23,24). The topological polar surface area (TPSA) is 62.7 Å². The van der Waals surface area contributed by atoms with Crippen molar-refractivity contribution >= 4 is 11.8 Å². The first-order valence-electron chi connectivity index (χ1n) is 7.36. The molecular formula is C17H15F2N5. The van der Waals surface area contributed by atoms with Gasteiger partial charge in [-0.2, -0.15) is 10.1 Å². The maximum atomic E-state index is 13.6. The van der Waals surface area contributed by atoms with E-state index in [-0.39, 0.29) is 11.6 Å². The van der Waals surface area contributed by atoms with E-state index in [1.54, 1.807) is 30.3 Å². The lowest BCUT2D eigenvalue weighted by Gasteiger charge is -2.08. The fourth-order valence-electron chi connectivity index (χ4n) is 2.07. The lowest BCUT2D eigenvalue weighted by Crippen LogP contribution is -2.08. The van der Waals surface area contributed by atoms with Gasteiger partial charge in [0.25, 0.3) is 0 Å². The number of hydrogen-bond acceptors (Lipinski definition) is 5. The van der Waals surface area contributed by atoms with Crippen LogP contribution in [0.4, 0.5) is 20.5 Å². The highest BCUT2D eigenvalue weighted by molar-refractivity contribution is 5.38. The van der Waals surface area contributed by atoms with Crippen LogP contribution in [0, 0.1) is 11.6 Å². The summed E-state index contributed by atoms with van der Waals surface area (Å²) in [5.41, 5.74) is 1.43. The minimum atomic E-state index is -0.281. The zero-order valence-electron chi connectivity index (χ0n) is 12.7. The summed E-state index contributed by atoms with van der Waals surface area (Å²) in [7, 11) is 0. The Labute approximate surface area is 137 Å². The Morgan fingerprint density at radius 2 is 1.67 bits per heavy atom. The second-order valence-electron chi connectivity index (χ2n) is 5.09. The van der Waals surface area contributed by atoms with Crippen LogP contribution >= 0.6 is 0 Å². The molecule has 0 aliphatic rings. The molecule has 24 heavy (non-hydrogen) atoms.